The van der Waals surface area contributed by atoms with Crippen molar-refractivity contribution in [3.05, 3.63) is 23.8 Å². The Morgan fingerprint density at radius 2 is 2.03 bits per heavy atom. The number of Topliss-reactive ketones (excluding diaryl/α,β-unsaturated/α-hetero) is 1. The summed E-state index contributed by atoms with van der Waals surface area (Å²) in [5.74, 6) is -2.30. The van der Waals surface area contributed by atoms with Crippen LogP contribution in [0, 0.1) is 34.5 Å². The number of methoxy groups -OCH3 is 1. The van der Waals surface area contributed by atoms with Gasteiger partial charge in [0.05, 0.1) is 24.9 Å². The van der Waals surface area contributed by atoms with Crippen molar-refractivity contribution in [2.45, 2.75) is 51.3 Å². The van der Waals surface area contributed by atoms with Crippen LogP contribution in [-0.2, 0) is 19.1 Å². The van der Waals surface area contributed by atoms with Gasteiger partial charge in [0, 0.05) is 17.3 Å². The minimum atomic E-state index is -1.96. The smallest absolute Gasteiger partial charge is 0.309 e. The predicted octanol–water partition coefficient (Wildman–Crippen LogP) is 3.30. The number of allylic oxidation sites excluding steroid dienone is 4. The Bertz CT molecular complexity index is 883. The fourth-order valence-electron chi connectivity index (χ4n) is 7.47. The van der Waals surface area contributed by atoms with Crippen molar-refractivity contribution in [2.75, 3.05) is 19.1 Å². The molecule has 0 saturated heterocycles. The van der Waals surface area contributed by atoms with E-state index in [2.05, 4.69) is 0 Å². The van der Waals surface area contributed by atoms with E-state index in [9.17, 15) is 19.5 Å². The Balaban J connectivity index is 1.80. The van der Waals surface area contributed by atoms with E-state index < -0.39 is 46.3 Å². The van der Waals surface area contributed by atoms with Crippen molar-refractivity contribution in [1.82, 2.24) is 0 Å². The fraction of sp³-hybridized carbons (Fsp3) is 0.708. The van der Waals surface area contributed by atoms with Crippen molar-refractivity contribution in [3.63, 3.8) is 0 Å². The van der Waals surface area contributed by atoms with Gasteiger partial charge >= 0.3 is 5.97 Å². The zero-order chi connectivity index (χ0) is 22.8. The maximum absolute atomic E-state index is 17.1. The molecule has 3 saturated carbocycles. The van der Waals surface area contributed by atoms with Gasteiger partial charge in [-0.05, 0) is 62.3 Å². The average molecular weight is 451 g/mol. The number of rotatable bonds is 4. The highest BCUT2D eigenvalue weighted by Gasteiger charge is 2.72. The van der Waals surface area contributed by atoms with Gasteiger partial charge in [0.2, 0.25) is 0 Å². The third-order valence-corrected chi connectivity index (χ3v) is 9.41. The lowest BCUT2D eigenvalue weighted by Crippen LogP contribution is -2.66. The molecule has 31 heavy (non-hydrogen) atoms. The van der Waals surface area contributed by atoms with Crippen LogP contribution in [0.2, 0.25) is 0 Å². The SMILES string of the molecule is COC(=O)C1C[C@H]2[C@@H]3CCC4=CC(=O)C=C[C@]4(C)[C@@]3(F)C(O)C[C@]2(C)[C@H]1C(=O)CSC. The molecule has 4 aliphatic rings. The Morgan fingerprint density at radius 1 is 1.32 bits per heavy atom. The zero-order valence-corrected chi connectivity index (χ0v) is 19.3. The number of aliphatic hydroxyl groups is 1. The molecule has 0 bridgehead atoms. The van der Waals surface area contributed by atoms with E-state index in [4.69, 9.17) is 4.74 Å². The number of ether oxygens (including phenoxy) is 1. The lowest BCUT2D eigenvalue weighted by molar-refractivity contribution is -0.195. The van der Waals surface area contributed by atoms with Crippen molar-refractivity contribution < 1.29 is 28.6 Å². The van der Waals surface area contributed by atoms with Gasteiger partial charge in [-0.3, -0.25) is 14.4 Å². The quantitative estimate of drug-likeness (QED) is 0.662. The summed E-state index contributed by atoms with van der Waals surface area (Å²) in [5, 5.41) is 11.3. The molecule has 4 rings (SSSR count). The van der Waals surface area contributed by atoms with E-state index in [1.807, 2.05) is 13.2 Å². The number of carbonyl (C=O) groups excluding carboxylic acids is 3. The molecule has 170 valence electrons. The number of fused-ring (bicyclic) bond motifs is 5. The van der Waals surface area contributed by atoms with Crippen LogP contribution in [0.25, 0.3) is 0 Å². The summed E-state index contributed by atoms with van der Waals surface area (Å²) in [6.45, 7) is 3.71. The third kappa shape index (κ3) is 2.95. The summed E-state index contributed by atoms with van der Waals surface area (Å²) >= 11 is 1.41. The number of carbonyl (C=O) groups is 3. The molecule has 0 aromatic heterocycles. The number of hydrogen-bond acceptors (Lipinski definition) is 6. The molecule has 0 spiro atoms. The van der Waals surface area contributed by atoms with Crippen LogP contribution in [0.4, 0.5) is 4.39 Å². The van der Waals surface area contributed by atoms with Gasteiger partial charge in [-0.2, -0.15) is 11.8 Å². The van der Waals surface area contributed by atoms with Gasteiger partial charge in [-0.25, -0.2) is 4.39 Å². The van der Waals surface area contributed by atoms with E-state index >= 15 is 4.39 Å². The molecule has 5 nitrogen and oxygen atoms in total. The molecule has 4 aliphatic carbocycles. The number of aliphatic hydroxyl groups excluding tert-OH is 1. The monoisotopic (exact) mass is 450 g/mol. The van der Waals surface area contributed by atoms with Gasteiger partial charge < -0.3 is 9.84 Å². The molecule has 3 fully saturated rings. The number of esters is 1. The molecule has 0 heterocycles. The van der Waals surface area contributed by atoms with Crippen molar-refractivity contribution in [1.29, 1.82) is 0 Å². The Kier molecular flexibility index (Phi) is 5.53. The van der Waals surface area contributed by atoms with Crippen molar-refractivity contribution in [2.24, 2.45) is 34.5 Å². The number of ketones is 2. The molecular weight excluding hydrogens is 419 g/mol. The van der Waals surface area contributed by atoms with Crippen LogP contribution >= 0.6 is 11.8 Å². The van der Waals surface area contributed by atoms with E-state index in [0.29, 0.717) is 19.3 Å². The first-order chi connectivity index (χ1) is 14.5. The van der Waals surface area contributed by atoms with Gasteiger partial charge in [-0.15, -0.1) is 0 Å². The molecule has 0 aliphatic heterocycles. The predicted molar refractivity (Wildman–Crippen MR) is 116 cm³/mol. The Hall–Kier alpha value is -1.47. The summed E-state index contributed by atoms with van der Waals surface area (Å²) in [5.41, 5.74) is -3.00. The summed E-state index contributed by atoms with van der Waals surface area (Å²) in [4.78, 5) is 37.8. The largest absolute Gasteiger partial charge is 0.469 e. The molecule has 8 atom stereocenters. The van der Waals surface area contributed by atoms with Crippen molar-refractivity contribution >= 4 is 29.3 Å². The van der Waals surface area contributed by atoms with E-state index in [-0.39, 0.29) is 29.7 Å². The Morgan fingerprint density at radius 3 is 2.68 bits per heavy atom. The van der Waals surface area contributed by atoms with Crippen LogP contribution in [0.15, 0.2) is 23.8 Å². The van der Waals surface area contributed by atoms with Crippen LogP contribution < -0.4 is 0 Å². The van der Waals surface area contributed by atoms with Gasteiger partial charge in [0.25, 0.3) is 0 Å². The second kappa shape index (κ2) is 7.55. The zero-order valence-electron chi connectivity index (χ0n) is 18.5. The summed E-state index contributed by atoms with van der Waals surface area (Å²) in [6.07, 6.45) is 6.59. The topological polar surface area (TPSA) is 80.7 Å². The summed E-state index contributed by atoms with van der Waals surface area (Å²) in [7, 11) is 1.32. The average Bonchev–Trinajstić information content (AvgIpc) is 3.02. The fourth-order valence-corrected chi connectivity index (χ4v) is 7.93. The first-order valence-electron chi connectivity index (χ1n) is 10.9. The van der Waals surface area contributed by atoms with Gasteiger partial charge in [0.1, 0.15) is 5.78 Å². The van der Waals surface area contributed by atoms with Crippen LogP contribution in [0.5, 0.6) is 0 Å². The Labute approximate surface area is 186 Å². The number of thioether (sulfide) groups is 1. The second-order valence-electron chi connectivity index (χ2n) is 10.1. The third-order valence-electron chi connectivity index (χ3n) is 8.83. The van der Waals surface area contributed by atoms with E-state index in [0.717, 1.165) is 5.57 Å². The molecule has 0 radical (unpaired) electrons. The van der Waals surface area contributed by atoms with Crippen molar-refractivity contribution in [3.8, 4) is 0 Å². The molecule has 7 heteroatoms. The summed E-state index contributed by atoms with van der Waals surface area (Å²) in [6, 6.07) is 0. The van der Waals surface area contributed by atoms with E-state index in [1.54, 1.807) is 13.0 Å². The highest BCUT2D eigenvalue weighted by Crippen LogP contribution is 2.70. The summed E-state index contributed by atoms with van der Waals surface area (Å²) < 4.78 is 22.1. The molecule has 0 amide bonds. The van der Waals surface area contributed by atoms with Gasteiger partial charge in [0.15, 0.2) is 11.5 Å². The lowest BCUT2D eigenvalue weighted by atomic mass is 9.45. The number of halogens is 1. The van der Waals surface area contributed by atoms with E-state index in [1.165, 1.54) is 31.0 Å². The molecule has 2 unspecified atom stereocenters. The molecule has 0 aromatic carbocycles. The van der Waals surface area contributed by atoms with Crippen LogP contribution in [0.3, 0.4) is 0 Å². The first kappa shape index (κ1) is 22.7. The minimum absolute atomic E-state index is 0.0303. The maximum Gasteiger partial charge on any atom is 0.309 e. The molecule has 1 N–H and O–H groups in total. The highest BCUT2D eigenvalue weighted by atomic mass is 32.2. The van der Waals surface area contributed by atoms with Crippen LogP contribution in [0.1, 0.15) is 39.5 Å². The second-order valence-corrected chi connectivity index (χ2v) is 11.0. The standard InChI is InChI=1S/C24H31FO5S/c1-22-11-19(28)24(25)16(6-5-13-9-14(26)7-8-23(13,24)2)17(22)10-15(21(29)30-3)20(22)18(27)12-31-4/h7-9,15-17,19-20,28H,5-6,10-12H2,1-4H3/t15?,16-,17-,19?,20+,22-,23-,24-/m0/s1. The highest BCUT2D eigenvalue weighted by molar-refractivity contribution is 7.99. The number of hydrogen-bond donors (Lipinski definition) is 1. The maximum atomic E-state index is 17.1. The minimum Gasteiger partial charge on any atom is -0.469 e. The normalized spacial score (nSPS) is 45.9. The molecular formula is C24H31FO5S. The number of alkyl halides is 1. The van der Waals surface area contributed by atoms with Gasteiger partial charge in [-0.1, -0.05) is 18.6 Å². The van der Waals surface area contributed by atoms with Crippen LogP contribution in [-0.4, -0.2) is 53.5 Å². The first-order valence-corrected chi connectivity index (χ1v) is 12.3. The molecule has 0 aromatic rings. The lowest BCUT2D eigenvalue weighted by Gasteiger charge is -2.61.